The molecule has 0 aliphatic carbocycles. The van der Waals surface area contributed by atoms with Crippen LogP contribution in [0.5, 0.6) is 5.75 Å². The number of ether oxygens (including phenoxy) is 1. The van der Waals surface area contributed by atoms with Gasteiger partial charge in [-0.15, -0.1) is 0 Å². The Hall–Kier alpha value is -1.85. The second-order valence-electron chi connectivity index (χ2n) is 4.00. The molecule has 0 saturated carbocycles. The van der Waals surface area contributed by atoms with E-state index in [1.54, 1.807) is 6.92 Å². The number of nitrogens with one attached hydrogen (secondary N) is 1. The first kappa shape index (κ1) is 15.5. The number of nitrogens with zero attached hydrogens (tertiary/aromatic N) is 1. The van der Waals surface area contributed by atoms with E-state index < -0.39 is 11.7 Å². The zero-order valence-corrected chi connectivity index (χ0v) is 12.5. The van der Waals surface area contributed by atoms with E-state index in [0.717, 1.165) is 6.07 Å². The van der Waals surface area contributed by atoms with Gasteiger partial charge in [-0.2, -0.15) is 0 Å². The Morgan fingerprint density at radius 3 is 2.76 bits per heavy atom. The molecule has 0 fully saturated rings. The van der Waals surface area contributed by atoms with Crippen molar-refractivity contribution >= 4 is 34.8 Å². The van der Waals surface area contributed by atoms with Crippen molar-refractivity contribution in [1.29, 1.82) is 0 Å². The lowest BCUT2D eigenvalue weighted by Gasteiger charge is -2.09. The average molecular weight is 329 g/mol. The summed E-state index contributed by atoms with van der Waals surface area (Å²) in [4.78, 5) is 15.9. The zero-order chi connectivity index (χ0) is 15.4. The molecule has 0 bridgehead atoms. The third-order valence-electron chi connectivity index (χ3n) is 2.52. The van der Waals surface area contributed by atoms with Crippen LogP contribution in [0.1, 0.15) is 17.4 Å². The van der Waals surface area contributed by atoms with Crippen molar-refractivity contribution in [1.82, 2.24) is 4.98 Å². The maximum absolute atomic E-state index is 13.7. The van der Waals surface area contributed by atoms with Crippen molar-refractivity contribution in [2.45, 2.75) is 6.92 Å². The Labute approximate surface area is 130 Å². The van der Waals surface area contributed by atoms with Crippen LogP contribution in [-0.2, 0) is 0 Å². The van der Waals surface area contributed by atoms with Gasteiger partial charge in [-0.25, -0.2) is 9.37 Å². The first-order chi connectivity index (χ1) is 10.0. The fourth-order valence-corrected chi connectivity index (χ4v) is 1.96. The van der Waals surface area contributed by atoms with E-state index in [0.29, 0.717) is 6.61 Å². The molecule has 0 saturated heterocycles. The van der Waals surface area contributed by atoms with E-state index in [1.807, 2.05) is 0 Å². The Morgan fingerprint density at radius 2 is 2.10 bits per heavy atom. The highest BCUT2D eigenvalue weighted by atomic mass is 35.5. The molecule has 1 N–H and O–H groups in total. The number of hydrogen-bond acceptors (Lipinski definition) is 3. The van der Waals surface area contributed by atoms with Crippen molar-refractivity contribution in [2.24, 2.45) is 0 Å². The number of amides is 1. The van der Waals surface area contributed by atoms with E-state index >= 15 is 0 Å². The maximum atomic E-state index is 13.7. The third-order valence-corrected chi connectivity index (χ3v) is 3.03. The third kappa shape index (κ3) is 3.83. The minimum atomic E-state index is -0.578. The predicted octanol–water partition coefficient (Wildman–Crippen LogP) is 4.18. The quantitative estimate of drug-likeness (QED) is 0.856. The fraction of sp³-hybridized carbons (Fsp3) is 0.143. The topological polar surface area (TPSA) is 51.2 Å². The molecule has 0 unspecified atom stereocenters. The lowest BCUT2D eigenvalue weighted by atomic mass is 10.2. The SMILES string of the molecule is CCOc1ccc(NC(=O)c2nc(Cl)ccc2Cl)cc1F. The number of carbonyl (C=O) groups excluding carboxylic acids is 1. The number of benzene rings is 1. The number of hydrogen-bond donors (Lipinski definition) is 1. The van der Waals surface area contributed by atoms with Gasteiger partial charge in [0.25, 0.3) is 5.91 Å². The fourth-order valence-electron chi connectivity index (χ4n) is 1.62. The number of halogens is 3. The molecule has 1 aromatic heterocycles. The number of anilines is 1. The van der Waals surface area contributed by atoms with Gasteiger partial charge in [-0.05, 0) is 31.2 Å². The molecule has 0 aliphatic heterocycles. The lowest BCUT2D eigenvalue weighted by Crippen LogP contribution is -2.14. The Morgan fingerprint density at radius 1 is 1.33 bits per heavy atom. The smallest absolute Gasteiger partial charge is 0.275 e. The maximum Gasteiger partial charge on any atom is 0.275 e. The highest BCUT2D eigenvalue weighted by molar-refractivity contribution is 6.35. The number of rotatable bonds is 4. The molecule has 1 heterocycles. The molecular weight excluding hydrogens is 318 g/mol. The van der Waals surface area contributed by atoms with E-state index in [9.17, 15) is 9.18 Å². The van der Waals surface area contributed by atoms with Crippen LogP contribution in [0, 0.1) is 5.82 Å². The molecular formula is C14H11Cl2FN2O2. The Balaban J connectivity index is 2.19. The zero-order valence-electron chi connectivity index (χ0n) is 11.0. The highest BCUT2D eigenvalue weighted by Gasteiger charge is 2.14. The van der Waals surface area contributed by atoms with E-state index in [2.05, 4.69) is 10.3 Å². The van der Waals surface area contributed by atoms with Gasteiger partial charge in [0.15, 0.2) is 11.6 Å². The van der Waals surface area contributed by atoms with Crippen LogP contribution >= 0.6 is 23.2 Å². The minimum absolute atomic E-state index is 0.0292. The van der Waals surface area contributed by atoms with E-state index in [-0.39, 0.29) is 27.3 Å². The second-order valence-corrected chi connectivity index (χ2v) is 4.79. The standard InChI is InChI=1S/C14H11Cl2FN2O2/c1-2-21-11-5-3-8(7-10(11)17)18-14(20)13-9(15)4-6-12(16)19-13/h3-7H,2H2,1H3,(H,18,20). The Kier molecular flexibility index (Phi) is 4.98. The van der Waals surface area contributed by atoms with Gasteiger partial charge in [-0.1, -0.05) is 23.2 Å². The number of pyridine rings is 1. The molecule has 110 valence electrons. The van der Waals surface area contributed by atoms with Crippen molar-refractivity contribution in [2.75, 3.05) is 11.9 Å². The monoisotopic (exact) mass is 328 g/mol. The molecule has 2 aromatic rings. The molecule has 0 radical (unpaired) electrons. The summed E-state index contributed by atoms with van der Waals surface area (Å²) in [5, 5.41) is 2.79. The van der Waals surface area contributed by atoms with Crippen LogP contribution in [0.4, 0.5) is 10.1 Å². The average Bonchev–Trinajstić information content (AvgIpc) is 2.44. The summed E-state index contributed by atoms with van der Waals surface area (Å²) in [5.74, 6) is -1.03. The van der Waals surface area contributed by atoms with Crippen molar-refractivity contribution < 1.29 is 13.9 Å². The van der Waals surface area contributed by atoms with Crippen LogP contribution < -0.4 is 10.1 Å². The van der Waals surface area contributed by atoms with Gasteiger partial charge < -0.3 is 10.1 Å². The molecule has 2 rings (SSSR count). The normalized spacial score (nSPS) is 10.3. The van der Waals surface area contributed by atoms with Crippen LogP contribution in [0.25, 0.3) is 0 Å². The van der Waals surface area contributed by atoms with Gasteiger partial charge in [0.05, 0.1) is 11.6 Å². The highest BCUT2D eigenvalue weighted by Crippen LogP contribution is 2.23. The Bertz CT molecular complexity index is 680. The van der Waals surface area contributed by atoms with Gasteiger partial charge >= 0.3 is 0 Å². The van der Waals surface area contributed by atoms with Crippen LogP contribution in [-0.4, -0.2) is 17.5 Å². The van der Waals surface area contributed by atoms with Gasteiger partial charge in [0.1, 0.15) is 10.8 Å². The number of aromatic nitrogens is 1. The second kappa shape index (κ2) is 6.74. The van der Waals surface area contributed by atoms with Crippen molar-refractivity contribution in [3.8, 4) is 5.75 Å². The van der Waals surface area contributed by atoms with Crippen LogP contribution in [0.15, 0.2) is 30.3 Å². The first-order valence-electron chi connectivity index (χ1n) is 6.07. The van der Waals surface area contributed by atoms with Crippen LogP contribution in [0.3, 0.4) is 0 Å². The van der Waals surface area contributed by atoms with Crippen molar-refractivity contribution in [3.05, 3.63) is 52.0 Å². The summed E-state index contributed by atoms with van der Waals surface area (Å²) in [6.45, 7) is 2.10. The van der Waals surface area contributed by atoms with Crippen LogP contribution in [0.2, 0.25) is 10.2 Å². The molecule has 4 nitrogen and oxygen atoms in total. The first-order valence-corrected chi connectivity index (χ1v) is 6.82. The summed E-state index contributed by atoms with van der Waals surface area (Å²) in [6.07, 6.45) is 0. The molecule has 0 spiro atoms. The van der Waals surface area contributed by atoms with Crippen molar-refractivity contribution in [3.63, 3.8) is 0 Å². The van der Waals surface area contributed by atoms with E-state index in [4.69, 9.17) is 27.9 Å². The minimum Gasteiger partial charge on any atom is -0.491 e. The van der Waals surface area contributed by atoms with E-state index in [1.165, 1.54) is 24.3 Å². The summed E-state index contributed by atoms with van der Waals surface area (Å²) in [7, 11) is 0. The molecule has 0 atom stereocenters. The van der Waals surface area contributed by atoms with Gasteiger partial charge in [-0.3, -0.25) is 4.79 Å². The lowest BCUT2D eigenvalue weighted by molar-refractivity contribution is 0.102. The van der Waals surface area contributed by atoms with Gasteiger partial charge in [0, 0.05) is 11.8 Å². The predicted molar refractivity (Wildman–Crippen MR) is 79.8 cm³/mol. The molecule has 21 heavy (non-hydrogen) atoms. The van der Waals surface area contributed by atoms with Gasteiger partial charge in [0.2, 0.25) is 0 Å². The summed E-state index contributed by atoms with van der Waals surface area (Å²) in [5.41, 5.74) is 0.234. The number of carbonyl (C=O) groups is 1. The molecule has 0 aliphatic rings. The summed E-state index contributed by atoms with van der Waals surface area (Å²) in [6, 6.07) is 7.04. The summed E-state index contributed by atoms with van der Waals surface area (Å²) >= 11 is 11.6. The molecule has 1 amide bonds. The largest absolute Gasteiger partial charge is 0.491 e. The molecule has 1 aromatic carbocycles. The molecule has 7 heteroatoms. The summed E-state index contributed by atoms with van der Waals surface area (Å²) < 4.78 is 18.8.